The predicted octanol–water partition coefficient (Wildman–Crippen LogP) is 2.95. The maximum atomic E-state index is 13.0. The molecule has 2 rings (SSSR count). The van der Waals surface area contributed by atoms with Gasteiger partial charge in [-0.1, -0.05) is 24.3 Å². The number of esters is 1. The summed E-state index contributed by atoms with van der Waals surface area (Å²) >= 11 is 0. The maximum absolute atomic E-state index is 13.0. The molecule has 5 heteroatoms. The highest BCUT2D eigenvalue weighted by Crippen LogP contribution is 2.13. The Balaban J connectivity index is 1.96. The van der Waals surface area contributed by atoms with E-state index in [0.717, 1.165) is 18.2 Å². The minimum atomic E-state index is -0.750. The van der Waals surface area contributed by atoms with E-state index < -0.39 is 11.8 Å². The van der Waals surface area contributed by atoms with Gasteiger partial charge in [0.15, 0.2) is 0 Å². The van der Waals surface area contributed by atoms with E-state index in [4.69, 9.17) is 4.74 Å². The number of halogens is 1. The van der Waals surface area contributed by atoms with Crippen LogP contribution in [0.25, 0.3) is 0 Å². The number of rotatable bonds is 4. The van der Waals surface area contributed by atoms with Gasteiger partial charge in [0.05, 0.1) is 0 Å². The molecule has 0 saturated carbocycles. The molecule has 0 bridgehead atoms. The van der Waals surface area contributed by atoms with Crippen molar-refractivity contribution in [2.75, 3.05) is 11.9 Å². The molecule has 0 aliphatic carbocycles. The molecule has 2 aromatic carbocycles. The van der Waals surface area contributed by atoms with Gasteiger partial charge in [-0.25, -0.2) is 9.18 Å². The molecule has 0 N–H and O–H groups in total. The summed E-state index contributed by atoms with van der Waals surface area (Å²) in [6.45, 7) is 0. The van der Waals surface area contributed by atoms with Crippen molar-refractivity contribution >= 4 is 17.6 Å². The van der Waals surface area contributed by atoms with Crippen molar-refractivity contribution in [2.24, 2.45) is 0 Å². The Labute approximate surface area is 127 Å². The molecule has 2 aromatic rings. The second-order valence-electron chi connectivity index (χ2n) is 4.44. The number of benzene rings is 2. The van der Waals surface area contributed by atoms with Gasteiger partial charge in [-0.15, -0.1) is 0 Å². The third-order valence-corrected chi connectivity index (χ3v) is 2.85. The van der Waals surface area contributed by atoms with Gasteiger partial charge in [0.2, 0.25) is 0 Å². The molecule has 1 amide bonds. The molecule has 0 spiro atoms. The van der Waals surface area contributed by atoms with Gasteiger partial charge in [0.25, 0.3) is 5.91 Å². The van der Waals surface area contributed by atoms with E-state index in [1.807, 2.05) is 6.07 Å². The molecule has 0 aliphatic heterocycles. The Hall–Kier alpha value is -2.95. The van der Waals surface area contributed by atoms with Crippen LogP contribution in [0.1, 0.15) is 0 Å². The Morgan fingerprint density at radius 2 is 1.77 bits per heavy atom. The summed E-state index contributed by atoms with van der Waals surface area (Å²) < 4.78 is 17.8. The molecule has 0 fully saturated rings. The number of carbonyl (C=O) groups excluding carboxylic acids is 2. The minimum absolute atomic E-state index is 0.0820. The van der Waals surface area contributed by atoms with Gasteiger partial charge < -0.3 is 9.64 Å². The topological polar surface area (TPSA) is 46.6 Å². The van der Waals surface area contributed by atoms with Crippen LogP contribution in [0.2, 0.25) is 0 Å². The Morgan fingerprint density at radius 1 is 1.05 bits per heavy atom. The monoisotopic (exact) mass is 299 g/mol. The quantitative estimate of drug-likeness (QED) is 0.495. The van der Waals surface area contributed by atoms with Crippen LogP contribution in [0, 0.1) is 5.82 Å². The predicted molar refractivity (Wildman–Crippen MR) is 81.0 cm³/mol. The molecule has 0 aromatic heterocycles. The van der Waals surface area contributed by atoms with E-state index in [1.165, 1.54) is 23.1 Å². The molecule has 0 unspecified atom stereocenters. The number of anilines is 1. The van der Waals surface area contributed by atoms with E-state index in [-0.39, 0.29) is 11.7 Å². The van der Waals surface area contributed by atoms with Crippen LogP contribution in [0.4, 0.5) is 10.1 Å². The van der Waals surface area contributed by atoms with E-state index in [0.29, 0.717) is 5.69 Å². The van der Waals surface area contributed by atoms with Crippen LogP contribution >= 0.6 is 0 Å². The first-order valence-electron chi connectivity index (χ1n) is 6.54. The molecule has 0 heterocycles. The van der Waals surface area contributed by atoms with Crippen molar-refractivity contribution in [3.05, 3.63) is 72.6 Å². The van der Waals surface area contributed by atoms with Crippen LogP contribution in [0.3, 0.4) is 0 Å². The summed E-state index contributed by atoms with van der Waals surface area (Å²) in [4.78, 5) is 24.9. The normalized spacial score (nSPS) is 10.5. The fourth-order valence-electron chi connectivity index (χ4n) is 1.71. The smallest absolute Gasteiger partial charge is 0.336 e. The zero-order valence-corrected chi connectivity index (χ0v) is 11.9. The summed E-state index contributed by atoms with van der Waals surface area (Å²) in [5.41, 5.74) is 0.704. The molecule has 22 heavy (non-hydrogen) atoms. The van der Waals surface area contributed by atoms with Gasteiger partial charge in [0, 0.05) is 31.0 Å². The number of hydrogen-bond acceptors (Lipinski definition) is 3. The van der Waals surface area contributed by atoms with Crippen LogP contribution < -0.4 is 9.64 Å². The van der Waals surface area contributed by atoms with Crippen LogP contribution in [-0.2, 0) is 9.59 Å². The molecule has 0 radical (unpaired) electrons. The first-order chi connectivity index (χ1) is 10.6. The molecule has 0 saturated heterocycles. The fraction of sp³-hybridized carbons (Fsp3) is 0.0588. The number of para-hydroxylation sites is 1. The first-order valence-corrected chi connectivity index (χ1v) is 6.54. The molecule has 112 valence electrons. The second-order valence-corrected chi connectivity index (χ2v) is 4.44. The average molecular weight is 299 g/mol. The van der Waals surface area contributed by atoms with Crippen molar-refractivity contribution in [3.63, 3.8) is 0 Å². The highest BCUT2D eigenvalue weighted by atomic mass is 19.1. The molecular weight excluding hydrogens is 285 g/mol. The van der Waals surface area contributed by atoms with E-state index in [9.17, 15) is 14.0 Å². The zero-order valence-electron chi connectivity index (χ0n) is 11.9. The standard InChI is InChI=1S/C17H14FNO3/c1-19(14-7-3-2-4-8-14)16(20)10-11-17(21)22-15-9-5-6-13(18)12-15/h2-12H,1H3/b11-10+. The lowest BCUT2D eigenvalue weighted by atomic mass is 10.3. The van der Waals surface area contributed by atoms with E-state index in [1.54, 1.807) is 31.3 Å². The van der Waals surface area contributed by atoms with Gasteiger partial charge in [-0.3, -0.25) is 4.79 Å². The highest BCUT2D eigenvalue weighted by molar-refractivity contribution is 6.04. The fourth-order valence-corrected chi connectivity index (χ4v) is 1.71. The lowest BCUT2D eigenvalue weighted by molar-refractivity contribution is -0.129. The maximum Gasteiger partial charge on any atom is 0.336 e. The minimum Gasteiger partial charge on any atom is -0.423 e. The molecule has 0 aliphatic rings. The Kier molecular flexibility index (Phi) is 5.03. The second kappa shape index (κ2) is 7.17. The summed E-state index contributed by atoms with van der Waals surface area (Å²) in [5.74, 6) is -1.55. The van der Waals surface area contributed by atoms with Crippen molar-refractivity contribution in [3.8, 4) is 5.75 Å². The van der Waals surface area contributed by atoms with Crippen LogP contribution in [-0.4, -0.2) is 18.9 Å². The zero-order chi connectivity index (χ0) is 15.9. The molecular formula is C17H14FNO3. The number of hydrogen-bond donors (Lipinski definition) is 0. The number of ether oxygens (including phenoxy) is 1. The van der Waals surface area contributed by atoms with E-state index in [2.05, 4.69) is 0 Å². The molecule has 4 nitrogen and oxygen atoms in total. The number of likely N-dealkylation sites (N-methyl/N-ethyl adjacent to an activating group) is 1. The Morgan fingerprint density at radius 3 is 2.45 bits per heavy atom. The van der Waals surface area contributed by atoms with Crippen LogP contribution in [0.15, 0.2) is 66.7 Å². The van der Waals surface area contributed by atoms with Crippen molar-refractivity contribution in [1.82, 2.24) is 0 Å². The summed E-state index contributed by atoms with van der Waals surface area (Å²) in [6, 6.07) is 14.2. The van der Waals surface area contributed by atoms with Crippen molar-refractivity contribution in [2.45, 2.75) is 0 Å². The molecule has 0 atom stereocenters. The van der Waals surface area contributed by atoms with Gasteiger partial charge in [-0.2, -0.15) is 0 Å². The highest BCUT2D eigenvalue weighted by Gasteiger charge is 2.08. The summed E-state index contributed by atoms with van der Waals surface area (Å²) in [7, 11) is 1.60. The van der Waals surface area contributed by atoms with Gasteiger partial charge >= 0.3 is 5.97 Å². The first kappa shape index (κ1) is 15.4. The van der Waals surface area contributed by atoms with Gasteiger partial charge in [-0.05, 0) is 24.3 Å². The lowest BCUT2D eigenvalue weighted by Gasteiger charge is -2.14. The van der Waals surface area contributed by atoms with Gasteiger partial charge in [0.1, 0.15) is 11.6 Å². The summed E-state index contributed by atoms with van der Waals surface area (Å²) in [5, 5.41) is 0. The SMILES string of the molecule is CN(C(=O)/C=C/C(=O)Oc1cccc(F)c1)c1ccccc1. The summed E-state index contributed by atoms with van der Waals surface area (Å²) in [6.07, 6.45) is 2.11. The average Bonchev–Trinajstić information content (AvgIpc) is 2.52. The number of carbonyl (C=O) groups is 2. The third kappa shape index (κ3) is 4.28. The lowest BCUT2D eigenvalue weighted by Crippen LogP contribution is -2.24. The van der Waals surface area contributed by atoms with Crippen molar-refractivity contribution < 1.29 is 18.7 Å². The Bertz CT molecular complexity index is 698. The van der Waals surface area contributed by atoms with Crippen molar-refractivity contribution in [1.29, 1.82) is 0 Å². The number of amides is 1. The number of nitrogens with zero attached hydrogens (tertiary/aromatic N) is 1. The third-order valence-electron chi connectivity index (χ3n) is 2.85. The van der Waals surface area contributed by atoms with E-state index >= 15 is 0 Å². The largest absolute Gasteiger partial charge is 0.423 e. The van der Waals surface area contributed by atoms with Crippen LogP contribution in [0.5, 0.6) is 5.75 Å².